The van der Waals surface area contributed by atoms with Crippen LogP contribution in [0.15, 0.2) is 24.3 Å². The molecule has 1 amide bonds. The van der Waals surface area contributed by atoms with Crippen LogP contribution >= 0.6 is 0 Å². The molecule has 4 heteroatoms. The number of carbonyl (C=O) groups excluding carboxylic acids is 1. The Morgan fingerprint density at radius 3 is 2.40 bits per heavy atom. The number of rotatable bonds is 5. The minimum absolute atomic E-state index is 0.195. The molecule has 1 aliphatic carbocycles. The number of hydrogen-bond donors (Lipinski definition) is 3. The summed E-state index contributed by atoms with van der Waals surface area (Å²) in [5.41, 5.74) is 5.70. The lowest BCUT2D eigenvalue weighted by atomic mass is 9.83. The van der Waals surface area contributed by atoms with Crippen molar-refractivity contribution in [2.24, 2.45) is 5.73 Å². The highest BCUT2D eigenvalue weighted by molar-refractivity contribution is 5.86. The molecule has 4 N–H and O–H groups in total. The number of hydrogen-bond acceptors (Lipinski definition) is 3. The van der Waals surface area contributed by atoms with E-state index in [9.17, 15) is 9.90 Å². The molecule has 0 aromatic heterocycles. The highest BCUT2D eigenvalue weighted by Crippen LogP contribution is 2.30. The third kappa shape index (κ3) is 2.96. The number of benzene rings is 1. The van der Waals surface area contributed by atoms with Crippen molar-refractivity contribution in [1.29, 1.82) is 0 Å². The molecule has 1 aromatic carbocycles. The number of amides is 1. The van der Waals surface area contributed by atoms with Crippen LogP contribution < -0.4 is 11.1 Å². The fourth-order valence-corrected chi connectivity index (χ4v) is 3.12. The largest absolute Gasteiger partial charge is 0.508 e. The topological polar surface area (TPSA) is 75.3 Å². The van der Waals surface area contributed by atoms with Crippen molar-refractivity contribution in [2.75, 3.05) is 0 Å². The molecule has 110 valence electrons. The Morgan fingerprint density at radius 2 is 1.90 bits per heavy atom. The number of phenolic OH excluding ortho intramolecular Hbond substituents is 1. The Bertz CT molecular complexity index is 452. The molecular formula is C16H24N2O2. The van der Waals surface area contributed by atoms with E-state index >= 15 is 0 Å². The maximum Gasteiger partial charge on any atom is 0.242 e. The molecule has 1 aromatic rings. The summed E-state index contributed by atoms with van der Waals surface area (Å²) in [5, 5.41) is 12.9. The Labute approximate surface area is 120 Å². The number of nitrogens with two attached hydrogens (primary N) is 1. The molecule has 2 rings (SSSR count). The number of phenols is 1. The van der Waals surface area contributed by atoms with Crippen LogP contribution in [-0.2, 0) is 10.3 Å². The molecule has 4 nitrogen and oxygen atoms in total. The van der Waals surface area contributed by atoms with Gasteiger partial charge in [-0.25, -0.2) is 0 Å². The molecule has 1 atom stereocenters. The second-order valence-corrected chi connectivity index (χ2v) is 5.65. The second-order valence-electron chi connectivity index (χ2n) is 5.65. The van der Waals surface area contributed by atoms with Crippen LogP contribution in [0.1, 0.15) is 51.0 Å². The molecule has 0 radical (unpaired) electrons. The summed E-state index contributed by atoms with van der Waals surface area (Å²) < 4.78 is 0. The third-order valence-corrected chi connectivity index (χ3v) is 4.37. The van der Waals surface area contributed by atoms with E-state index < -0.39 is 5.54 Å². The summed E-state index contributed by atoms with van der Waals surface area (Å²) in [5.74, 6) is -0.155. The molecule has 1 saturated carbocycles. The van der Waals surface area contributed by atoms with E-state index in [0.29, 0.717) is 12.5 Å². The van der Waals surface area contributed by atoms with E-state index in [0.717, 1.165) is 18.4 Å². The van der Waals surface area contributed by atoms with Gasteiger partial charge in [-0.2, -0.15) is 0 Å². The highest BCUT2D eigenvalue weighted by atomic mass is 16.3. The van der Waals surface area contributed by atoms with Crippen molar-refractivity contribution in [3.05, 3.63) is 29.8 Å². The summed E-state index contributed by atoms with van der Waals surface area (Å²) in [7, 11) is 0. The summed E-state index contributed by atoms with van der Waals surface area (Å²) in [6.07, 6.45) is 6.45. The van der Waals surface area contributed by atoms with Gasteiger partial charge in [-0.05, 0) is 37.0 Å². The van der Waals surface area contributed by atoms with Gasteiger partial charge in [0, 0.05) is 6.04 Å². The van der Waals surface area contributed by atoms with Crippen molar-refractivity contribution in [2.45, 2.75) is 57.0 Å². The molecule has 0 bridgehead atoms. The fraction of sp³-hybridized carbons (Fsp3) is 0.562. The van der Waals surface area contributed by atoms with Crippen LogP contribution in [0.2, 0.25) is 0 Å². The lowest BCUT2D eigenvalue weighted by molar-refractivity contribution is -0.125. The van der Waals surface area contributed by atoms with Gasteiger partial charge in [0.2, 0.25) is 5.91 Å². The van der Waals surface area contributed by atoms with Crippen LogP contribution in [0.5, 0.6) is 5.75 Å². The first-order chi connectivity index (χ1) is 9.58. The summed E-state index contributed by atoms with van der Waals surface area (Å²) in [6.45, 7) is 1.97. The van der Waals surface area contributed by atoms with Crippen LogP contribution in [0.4, 0.5) is 0 Å². The fourth-order valence-electron chi connectivity index (χ4n) is 3.12. The first-order valence-electron chi connectivity index (χ1n) is 7.45. The van der Waals surface area contributed by atoms with Gasteiger partial charge in [-0.1, -0.05) is 38.3 Å². The van der Waals surface area contributed by atoms with E-state index in [-0.39, 0.29) is 11.7 Å². The van der Waals surface area contributed by atoms with Gasteiger partial charge in [-0.15, -0.1) is 0 Å². The van der Waals surface area contributed by atoms with Gasteiger partial charge in [0.05, 0.1) is 0 Å². The van der Waals surface area contributed by atoms with Crippen molar-refractivity contribution >= 4 is 5.91 Å². The van der Waals surface area contributed by atoms with Crippen molar-refractivity contribution in [3.63, 3.8) is 0 Å². The lowest BCUT2D eigenvalue weighted by Crippen LogP contribution is -2.56. The van der Waals surface area contributed by atoms with E-state index in [1.807, 2.05) is 6.92 Å². The van der Waals surface area contributed by atoms with E-state index in [1.165, 1.54) is 19.3 Å². The molecule has 20 heavy (non-hydrogen) atoms. The first kappa shape index (κ1) is 14.9. The molecule has 1 aliphatic rings. The highest BCUT2D eigenvalue weighted by Gasteiger charge is 2.38. The molecule has 0 saturated heterocycles. The van der Waals surface area contributed by atoms with E-state index in [1.54, 1.807) is 24.3 Å². The van der Waals surface area contributed by atoms with Crippen molar-refractivity contribution < 1.29 is 9.90 Å². The predicted octanol–water partition coefficient (Wildman–Crippen LogP) is 2.41. The van der Waals surface area contributed by atoms with Gasteiger partial charge in [0.25, 0.3) is 0 Å². The molecular weight excluding hydrogens is 252 g/mol. The quantitative estimate of drug-likeness (QED) is 0.773. The number of primary amides is 1. The maximum absolute atomic E-state index is 12.1. The normalized spacial score (nSPS) is 19.4. The molecule has 0 heterocycles. The Kier molecular flexibility index (Phi) is 4.65. The predicted molar refractivity (Wildman–Crippen MR) is 79.3 cm³/mol. The SMILES string of the molecule is CCC(NC1CCCCC1)(C(N)=O)c1ccc(O)cc1. The second kappa shape index (κ2) is 6.27. The van der Waals surface area contributed by atoms with Gasteiger partial charge < -0.3 is 10.8 Å². The summed E-state index contributed by atoms with van der Waals surface area (Å²) in [6, 6.07) is 7.10. The van der Waals surface area contributed by atoms with E-state index in [4.69, 9.17) is 5.73 Å². The zero-order valence-corrected chi connectivity index (χ0v) is 12.1. The molecule has 0 aliphatic heterocycles. The summed E-state index contributed by atoms with van der Waals surface area (Å²) >= 11 is 0. The monoisotopic (exact) mass is 276 g/mol. The van der Waals surface area contributed by atoms with Crippen LogP contribution in [0.25, 0.3) is 0 Å². The standard InChI is InChI=1S/C16H24N2O2/c1-2-16(15(17)20,12-8-10-14(19)11-9-12)18-13-6-4-3-5-7-13/h8-11,13,18-19H,2-7H2,1H3,(H2,17,20). The van der Waals surface area contributed by atoms with Crippen molar-refractivity contribution in [3.8, 4) is 5.75 Å². The van der Waals surface area contributed by atoms with Crippen molar-refractivity contribution in [1.82, 2.24) is 5.32 Å². The Hall–Kier alpha value is -1.55. The number of nitrogens with one attached hydrogen (secondary N) is 1. The van der Waals surface area contributed by atoms with Gasteiger partial charge >= 0.3 is 0 Å². The zero-order chi connectivity index (χ0) is 14.6. The molecule has 0 spiro atoms. The number of carbonyl (C=O) groups is 1. The van der Waals surface area contributed by atoms with Crippen LogP contribution in [0.3, 0.4) is 0 Å². The number of aromatic hydroxyl groups is 1. The average Bonchev–Trinajstić information content (AvgIpc) is 2.46. The zero-order valence-electron chi connectivity index (χ0n) is 12.1. The minimum Gasteiger partial charge on any atom is -0.508 e. The maximum atomic E-state index is 12.1. The Morgan fingerprint density at radius 1 is 1.30 bits per heavy atom. The first-order valence-corrected chi connectivity index (χ1v) is 7.45. The molecule has 1 fully saturated rings. The molecule has 1 unspecified atom stereocenters. The lowest BCUT2D eigenvalue weighted by Gasteiger charge is -2.37. The minimum atomic E-state index is -0.838. The summed E-state index contributed by atoms with van der Waals surface area (Å²) in [4.78, 5) is 12.1. The van der Waals surface area contributed by atoms with Gasteiger partial charge in [0.1, 0.15) is 11.3 Å². The van der Waals surface area contributed by atoms with Gasteiger partial charge in [-0.3, -0.25) is 10.1 Å². The van der Waals surface area contributed by atoms with Crippen LogP contribution in [0, 0.1) is 0 Å². The average molecular weight is 276 g/mol. The van der Waals surface area contributed by atoms with E-state index in [2.05, 4.69) is 5.32 Å². The third-order valence-electron chi connectivity index (χ3n) is 4.37. The van der Waals surface area contributed by atoms with Crippen LogP contribution in [-0.4, -0.2) is 17.1 Å². The smallest absolute Gasteiger partial charge is 0.242 e. The van der Waals surface area contributed by atoms with Gasteiger partial charge in [0.15, 0.2) is 0 Å². The Balaban J connectivity index is 2.28.